The minimum atomic E-state index is -0.371. The molecule has 2 aromatic rings. The van der Waals surface area contributed by atoms with E-state index in [0.29, 0.717) is 52.5 Å². The quantitative estimate of drug-likeness (QED) is 0.338. The number of amides is 1. The van der Waals surface area contributed by atoms with Gasteiger partial charge in [0.05, 0.1) is 46.0 Å². The molecule has 0 bridgehead atoms. The van der Waals surface area contributed by atoms with Crippen LogP contribution in [0.25, 0.3) is 0 Å². The zero-order valence-electron chi connectivity index (χ0n) is 17.4. The van der Waals surface area contributed by atoms with Crippen molar-refractivity contribution in [3.05, 3.63) is 48.0 Å². The minimum Gasteiger partial charge on any atom is -0.493 e. The van der Waals surface area contributed by atoms with Crippen LogP contribution in [0.4, 0.5) is 5.69 Å². The van der Waals surface area contributed by atoms with Crippen LogP contribution in [-0.2, 0) is 4.79 Å². The normalized spacial score (nSPS) is 15.5. The van der Waals surface area contributed by atoms with Gasteiger partial charge in [0, 0.05) is 17.7 Å². The van der Waals surface area contributed by atoms with Crippen LogP contribution in [0, 0.1) is 0 Å². The number of hydrogen-bond acceptors (Lipinski definition) is 6. The SMILES string of the molecule is C=C1C(=O)N(c2cc(OC)c(OC)c(OC)c2)C1c1ccc(OC)c(OCCCl)c1. The van der Waals surface area contributed by atoms with Gasteiger partial charge in [0.15, 0.2) is 23.0 Å². The lowest BCUT2D eigenvalue weighted by molar-refractivity contribution is -0.118. The van der Waals surface area contributed by atoms with Gasteiger partial charge in [-0.25, -0.2) is 0 Å². The lowest BCUT2D eigenvalue weighted by atomic mass is 9.88. The number of β-lactam (4-membered cyclic amide) rings is 1. The molecular formula is C22H24ClNO6. The smallest absolute Gasteiger partial charge is 0.256 e. The van der Waals surface area contributed by atoms with E-state index in [4.69, 9.17) is 35.3 Å². The molecule has 1 aliphatic heterocycles. The third-order valence-corrected chi connectivity index (χ3v) is 5.00. The van der Waals surface area contributed by atoms with Crippen LogP contribution < -0.4 is 28.6 Å². The summed E-state index contributed by atoms with van der Waals surface area (Å²) < 4.78 is 27.3. The Labute approximate surface area is 180 Å². The van der Waals surface area contributed by atoms with Crippen LogP contribution in [0.1, 0.15) is 11.6 Å². The van der Waals surface area contributed by atoms with Crippen molar-refractivity contribution in [3.63, 3.8) is 0 Å². The highest BCUT2D eigenvalue weighted by atomic mass is 35.5. The summed E-state index contributed by atoms with van der Waals surface area (Å²) in [5.41, 5.74) is 1.90. The van der Waals surface area contributed by atoms with Crippen molar-refractivity contribution in [2.24, 2.45) is 0 Å². The molecule has 1 heterocycles. The Morgan fingerprint density at radius 3 is 2.10 bits per heavy atom. The maximum atomic E-state index is 12.7. The van der Waals surface area contributed by atoms with Gasteiger partial charge in [-0.2, -0.15) is 0 Å². The Morgan fingerprint density at radius 2 is 1.57 bits per heavy atom. The zero-order chi connectivity index (χ0) is 21.8. The molecule has 0 radical (unpaired) electrons. The molecule has 1 unspecified atom stereocenters. The van der Waals surface area contributed by atoms with Crippen molar-refractivity contribution in [2.75, 3.05) is 45.8 Å². The van der Waals surface area contributed by atoms with Gasteiger partial charge in [-0.05, 0) is 17.7 Å². The number of carbonyl (C=O) groups is 1. The number of benzene rings is 2. The molecule has 0 spiro atoms. The number of hydrogen-bond donors (Lipinski definition) is 0. The summed E-state index contributed by atoms with van der Waals surface area (Å²) >= 11 is 5.75. The second kappa shape index (κ2) is 9.17. The van der Waals surface area contributed by atoms with Crippen LogP contribution >= 0.6 is 11.6 Å². The van der Waals surface area contributed by atoms with Gasteiger partial charge < -0.3 is 23.7 Å². The summed E-state index contributed by atoms with van der Waals surface area (Å²) in [5, 5.41) is 0. The highest BCUT2D eigenvalue weighted by molar-refractivity contribution is 6.18. The van der Waals surface area contributed by atoms with Gasteiger partial charge >= 0.3 is 0 Å². The molecular weight excluding hydrogens is 410 g/mol. The number of methoxy groups -OCH3 is 4. The molecule has 2 aromatic carbocycles. The van der Waals surface area contributed by atoms with Crippen molar-refractivity contribution < 1.29 is 28.5 Å². The number of ether oxygens (including phenoxy) is 5. The molecule has 30 heavy (non-hydrogen) atoms. The first kappa shape index (κ1) is 21.6. The number of halogens is 1. The van der Waals surface area contributed by atoms with E-state index >= 15 is 0 Å². The Balaban J connectivity index is 2.03. The molecule has 3 rings (SSSR count). The molecule has 1 amide bonds. The number of alkyl halides is 1. The lowest BCUT2D eigenvalue weighted by Crippen LogP contribution is -2.48. The number of carbonyl (C=O) groups excluding carboxylic acids is 1. The van der Waals surface area contributed by atoms with Gasteiger partial charge in [0.1, 0.15) is 6.61 Å². The third-order valence-electron chi connectivity index (χ3n) is 4.85. The van der Waals surface area contributed by atoms with Gasteiger partial charge in [-0.1, -0.05) is 12.6 Å². The molecule has 0 saturated carbocycles. The molecule has 1 fully saturated rings. The molecule has 0 aliphatic carbocycles. The average Bonchev–Trinajstić information content (AvgIpc) is 2.79. The first-order valence-corrected chi connectivity index (χ1v) is 9.73. The second-order valence-electron chi connectivity index (χ2n) is 6.43. The zero-order valence-corrected chi connectivity index (χ0v) is 18.1. The Hall–Kier alpha value is -3.06. The monoisotopic (exact) mass is 433 g/mol. The fraction of sp³-hybridized carbons (Fsp3) is 0.318. The first-order valence-electron chi connectivity index (χ1n) is 9.19. The van der Waals surface area contributed by atoms with E-state index < -0.39 is 0 Å². The molecule has 160 valence electrons. The number of rotatable bonds is 9. The van der Waals surface area contributed by atoms with Crippen molar-refractivity contribution in [3.8, 4) is 28.7 Å². The molecule has 8 heteroatoms. The molecule has 1 saturated heterocycles. The lowest BCUT2D eigenvalue weighted by Gasteiger charge is -2.42. The van der Waals surface area contributed by atoms with E-state index in [1.54, 1.807) is 30.2 Å². The summed E-state index contributed by atoms with van der Waals surface area (Å²) in [6.07, 6.45) is 0. The first-order chi connectivity index (χ1) is 14.5. The van der Waals surface area contributed by atoms with Gasteiger partial charge in [0.2, 0.25) is 5.75 Å². The highest BCUT2D eigenvalue weighted by Gasteiger charge is 2.43. The molecule has 1 atom stereocenters. The van der Waals surface area contributed by atoms with Crippen molar-refractivity contribution in [2.45, 2.75) is 6.04 Å². The summed E-state index contributed by atoms with van der Waals surface area (Å²) in [7, 11) is 6.15. The van der Waals surface area contributed by atoms with Gasteiger partial charge in [0.25, 0.3) is 5.91 Å². The Bertz CT molecular complexity index is 936. The second-order valence-corrected chi connectivity index (χ2v) is 6.81. The fourth-order valence-corrected chi connectivity index (χ4v) is 3.50. The molecule has 1 aliphatic rings. The molecule has 7 nitrogen and oxygen atoms in total. The summed E-state index contributed by atoms with van der Waals surface area (Å²) in [4.78, 5) is 14.3. The summed E-state index contributed by atoms with van der Waals surface area (Å²) in [5.74, 6) is 2.65. The molecule has 0 aromatic heterocycles. The van der Waals surface area contributed by atoms with E-state index in [1.165, 1.54) is 21.3 Å². The maximum Gasteiger partial charge on any atom is 0.256 e. The van der Waals surface area contributed by atoms with Gasteiger partial charge in [-0.15, -0.1) is 11.6 Å². The predicted octanol–water partition coefficient (Wildman–Crippen LogP) is 3.98. The largest absolute Gasteiger partial charge is 0.493 e. The highest BCUT2D eigenvalue weighted by Crippen LogP contribution is 2.48. The van der Waals surface area contributed by atoms with Crippen LogP contribution in [0.3, 0.4) is 0 Å². The molecule has 0 N–H and O–H groups in total. The Morgan fingerprint density at radius 1 is 0.933 bits per heavy atom. The number of anilines is 1. The topological polar surface area (TPSA) is 66.5 Å². The Kier molecular flexibility index (Phi) is 6.62. The van der Waals surface area contributed by atoms with Gasteiger partial charge in [-0.3, -0.25) is 9.69 Å². The van der Waals surface area contributed by atoms with E-state index in [2.05, 4.69) is 6.58 Å². The standard InChI is InChI=1S/C22H24ClNO6/c1-13-20(14-6-7-16(26-2)17(10-14)30-9-8-23)24(22(13)25)15-11-18(27-3)21(29-5)19(12-15)28-4/h6-7,10-12,20H,1,8-9H2,2-5H3. The van der Waals surface area contributed by atoms with Crippen LogP contribution in [0.5, 0.6) is 28.7 Å². The van der Waals surface area contributed by atoms with Crippen molar-refractivity contribution >= 4 is 23.2 Å². The average molecular weight is 434 g/mol. The van der Waals surface area contributed by atoms with E-state index in [1.807, 2.05) is 12.1 Å². The van der Waals surface area contributed by atoms with Crippen LogP contribution in [0.15, 0.2) is 42.5 Å². The van der Waals surface area contributed by atoms with E-state index in [-0.39, 0.29) is 11.9 Å². The van der Waals surface area contributed by atoms with Crippen molar-refractivity contribution in [1.82, 2.24) is 0 Å². The minimum absolute atomic E-state index is 0.187. The summed E-state index contributed by atoms with van der Waals surface area (Å²) in [6, 6.07) is 8.59. The predicted molar refractivity (Wildman–Crippen MR) is 115 cm³/mol. The third kappa shape index (κ3) is 3.73. The van der Waals surface area contributed by atoms with Crippen molar-refractivity contribution in [1.29, 1.82) is 0 Å². The summed E-state index contributed by atoms with van der Waals surface area (Å²) in [6.45, 7) is 4.29. The number of nitrogens with zero attached hydrogens (tertiary/aromatic N) is 1. The maximum absolute atomic E-state index is 12.7. The van der Waals surface area contributed by atoms with E-state index in [9.17, 15) is 4.79 Å². The van der Waals surface area contributed by atoms with Crippen LogP contribution in [-0.4, -0.2) is 46.8 Å². The van der Waals surface area contributed by atoms with E-state index in [0.717, 1.165) is 5.56 Å². The van der Waals surface area contributed by atoms with Crippen LogP contribution in [0.2, 0.25) is 0 Å². The fourth-order valence-electron chi connectivity index (χ4n) is 3.43.